The standard InChI is InChI=1S/C20H18O3/c1-13-11-16(22-3)12-17-19(21)14(2)18(23-20(13)17)10-9-15-7-5-4-6-8-15/h4-12H,1-3H3/b10-9+. The molecule has 0 aliphatic rings. The topological polar surface area (TPSA) is 39.4 Å². The van der Waals surface area contributed by atoms with Crippen LogP contribution in [0.2, 0.25) is 0 Å². The first-order chi connectivity index (χ1) is 11.1. The van der Waals surface area contributed by atoms with Crippen molar-refractivity contribution in [1.29, 1.82) is 0 Å². The lowest BCUT2D eigenvalue weighted by Gasteiger charge is -2.08. The molecule has 1 heterocycles. The predicted molar refractivity (Wildman–Crippen MR) is 93.9 cm³/mol. The minimum atomic E-state index is -0.0269. The molecule has 1 aromatic heterocycles. The third-order valence-corrected chi connectivity index (χ3v) is 3.88. The number of fused-ring (bicyclic) bond motifs is 1. The molecular weight excluding hydrogens is 288 g/mol. The summed E-state index contributed by atoms with van der Waals surface area (Å²) in [7, 11) is 1.59. The Morgan fingerprint density at radius 2 is 1.78 bits per heavy atom. The number of rotatable bonds is 3. The molecule has 0 saturated heterocycles. The van der Waals surface area contributed by atoms with Crippen LogP contribution in [-0.4, -0.2) is 7.11 Å². The molecule has 0 radical (unpaired) electrons. The van der Waals surface area contributed by atoms with Crippen LogP contribution in [0.15, 0.2) is 51.7 Å². The molecule has 0 atom stereocenters. The molecule has 3 heteroatoms. The molecule has 0 aliphatic carbocycles. The first-order valence-electron chi connectivity index (χ1n) is 7.45. The van der Waals surface area contributed by atoms with Gasteiger partial charge in [-0.2, -0.15) is 0 Å². The molecule has 0 fully saturated rings. The minimum Gasteiger partial charge on any atom is -0.497 e. The largest absolute Gasteiger partial charge is 0.497 e. The van der Waals surface area contributed by atoms with Crippen LogP contribution in [0.4, 0.5) is 0 Å². The average molecular weight is 306 g/mol. The normalized spacial score (nSPS) is 11.3. The summed E-state index contributed by atoms with van der Waals surface area (Å²) in [6.45, 7) is 3.69. The summed E-state index contributed by atoms with van der Waals surface area (Å²) >= 11 is 0. The zero-order valence-electron chi connectivity index (χ0n) is 13.4. The predicted octanol–water partition coefficient (Wildman–Crippen LogP) is 4.59. The van der Waals surface area contributed by atoms with E-state index < -0.39 is 0 Å². The Morgan fingerprint density at radius 1 is 1.04 bits per heavy atom. The molecule has 23 heavy (non-hydrogen) atoms. The van der Waals surface area contributed by atoms with E-state index in [0.717, 1.165) is 11.1 Å². The van der Waals surface area contributed by atoms with Crippen molar-refractivity contribution in [3.8, 4) is 5.75 Å². The van der Waals surface area contributed by atoms with Gasteiger partial charge in [-0.3, -0.25) is 4.79 Å². The van der Waals surface area contributed by atoms with Gasteiger partial charge in [0.1, 0.15) is 17.1 Å². The van der Waals surface area contributed by atoms with Gasteiger partial charge in [-0.1, -0.05) is 36.4 Å². The van der Waals surface area contributed by atoms with Crippen molar-refractivity contribution in [2.45, 2.75) is 13.8 Å². The van der Waals surface area contributed by atoms with E-state index >= 15 is 0 Å². The van der Waals surface area contributed by atoms with Gasteiger partial charge >= 0.3 is 0 Å². The van der Waals surface area contributed by atoms with Crippen LogP contribution in [0, 0.1) is 13.8 Å². The van der Waals surface area contributed by atoms with Gasteiger partial charge in [-0.15, -0.1) is 0 Å². The van der Waals surface area contributed by atoms with Crippen molar-refractivity contribution in [2.75, 3.05) is 7.11 Å². The molecule has 0 spiro atoms. The van der Waals surface area contributed by atoms with Crippen LogP contribution in [-0.2, 0) is 0 Å². The van der Waals surface area contributed by atoms with Gasteiger partial charge in [-0.05, 0) is 43.2 Å². The van der Waals surface area contributed by atoms with Crippen molar-refractivity contribution in [3.63, 3.8) is 0 Å². The van der Waals surface area contributed by atoms with Crippen LogP contribution in [0.5, 0.6) is 5.75 Å². The summed E-state index contributed by atoms with van der Waals surface area (Å²) in [5, 5.41) is 0.552. The van der Waals surface area contributed by atoms with Crippen LogP contribution in [0.1, 0.15) is 22.5 Å². The van der Waals surface area contributed by atoms with E-state index in [1.165, 1.54) is 0 Å². The van der Waals surface area contributed by atoms with Crippen molar-refractivity contribution < 1.29 is 9.15 Å². The van der Waals surface area contributed by atoms with Crippen LogP contribution in [0.25, 0.3) is 23.1 Å². The first kappa shape index (κ1) is 15.1. The van der Waals surface area contributed by atoms with E-state index in [9.17, 15) is 4.79 Å². The van der Waals surface area contributed by atoms with Gasteiger partial charge in [-0.25, -0.2) is 0 Å². The highest BCUT2D eigenvalue weighted by Crippen LogP contribution is 2.25. The van der Waals surface area contributed by atoms with Crippen molar-refractivity contribution in [1.82, 2.24) is 0 Å². The average Bonchev–Trinajstić information content (AvgIpc) is 2.58. The highest BCUT2D eigenvalue weighted by Gasteiger charge is 2.12. The number of aryl methyl sites for hydroxylation is 1. The first-order valence-corrected chi connectivity index (χ1v) is 7.45. The highest BCUT2D eigenvalue weighted by atomic mass is 16.5. The lowest BCUT2D eigenvalue weighted by Crippen LogP contribution is -2.08. The monoisotopic (exact) mass is 306 g/mol. The van der Waals surface area contributed by atoms with E-state index in [2.05, 4.69) is 0 Å². The Kier molecular flexibility index (Phi) is 4.02. The van der Waals surface area contributed by atoms with Gasteiger partial charge in [0.05, 0.1) is 12.5 Å². The maximum absolute atomic E-state index is 12.6. The fourth-order valence-electron chi connectivity index (χ4n) is 2.56. The Bertz CT molecular complexity index is 934. The molecule has 3 rings (SSSR count). The maximum Gasteiger partial charge on any atom is 0.196 e. The summed E-state index contributed by atoms with van der Waals surface area (Å²) in [6.07, 6.45) is 3.78. The van der Waals surface area contributed by atoms with E-state index in [1.807, 2.05) is 55.5 Å². The van der Waals surface area contributed by atoms with Gasteiger partial charge in [0, 0.05) is 5.56 Å². The van der Waals surface area contributed by atoms with E-state index in [1.54, 1.807) is 20.1 Å². The highest BCUT2D eigenvalue weighted by molar-refractivity contribution is 5.83. The van der Waals surface area contributed by atoms with Gasteiger partial charge in [0.15, 0.2) is 5.43 Å². The molecule has 0 unspecified atom stereocenters. The van der Waals surface area contributed by atoms with Crippen LogP contribution < -0.4 is 10.2 Å². The van der Waals surface area contributed by atoms with Crippen molar-refractivity contribution in [2.24, 2.45) is 0 Å². The van der Waals surface area contributed by atoms with Gasteiger partial charge in [0.2, 0.25) is 0 Å². The molecule has 2 aromatic carbocycles. The summed E-state index contributed by atoms with van der Waals surface area (Å²) in [5.74, 6) is 1.24. The summed E-state index contributed by atoms with van der Waals surface area (Å²) in [4.78, 5) is 12.6. The van der Waals surface area contributed by atoms with Crippen LogP contribution in [0.3, 0.4) is 0 Å². The molecular formula is C20H18O3. The fraction of sp³-hybridized carbons (Fsp3) is 0.150. The minimum absolute atomic E-state index is 0.0269. The molecule has 0 N–H and O–H groups in total. The number of hydrogen-bond donors (Lipinski definition) is 0. The number of ether oxygens (including phenoxy) is 1. The number of benzene rings is 2. The number of methoxy groups -OCH3 is 1. The Labute approximate surface area is 134 Å². The SMILES string of the molecule is COc1cc(C)c2oc(/C=C/c3ccccc3)c(C)c(=O)c2c1. The molecule has 0 amide bonds. The van der Waals surface area contributed by atoms with Crippen LogP contribution >= 0.6 is 0 Å². The quantitative estimate of drug-likeness (QED) is 0.710. The molecule has 0 bridgehead atoms. The maximum atomic E-state index is 12.6. The smallest absolute Gasteiger partial charge is 0.196 e. The summed E-state index contributed by atoms with van der Waals surface area (Å²) in [6, 6.07) is 13.5. The lowest BCUT2D eigenvalue weighted by atomic mass is 10.1. The Morgan fingerprint density at radius 3 is 2.48 bits per heavy atom. The van der Waals surface area contributed by atoms with E-state index in [4.69, 9.17) is 9.15 Å². The summed E-state index contributed by atoms with van der Waals surface area (Å²) < 4.78 is 11.2. The lowest BCUT2D eigenvalue weighted by molar-refractivity contribution is 0.414. The second-order valence-corrected chi connectivity index (χ2v) is 5.49. The van der Waals surface area contributed by atoms with E-state index in [-0.39, 0.29) is 5.43 Å². The van der Waals surface area contributed by atoms with Crippen molar-refractivity contribution in [3.05, 3.63) is 75.1 Å². The fourth-order valence-corrected chi connectivity index (χ4v) is 2.56. The Balaban J connectivity index is 2.16. The zero-order chi connectivity index (χ0) is 16.4. The molecule has 3 aromatic rings. The van der Waals surface area contributed by atoms with Gasteiger partial charge < -0.3 is 9.15 Å². The third-order valence-electron chi connectivity index (χ3n) is 3.88. The van der Waals surface area contributed by atoms with Crippen molar-refractivity contribution >= 4 is 23.1 Å². The summed E-state index contributed by atoms with van der Waals surface area (Å²) in [5.41, 5.74) is 3.11. The number of hydrogen-bond acceptors (Lipinski definition) is 3. The van der Waals surface area contributed by atoms with E-state index in [0.29, 0.717) is 28.0 Å². The second-order valence-electron chi connectivity index (χ2n) is 5.49. The molecule has 116 valence electrons. The zero-order valence-corrected chi connectivity index (χ0v) is 13.4. The Hall–Kier alpha value is -2.81. The molecule has 0 saturated carbocycles. The second kappa shape index (κ2) is 6.13. The third kappa shape index (κ3) is 2.90. The van der Waals surface area contributed by atoms with Gasteiger partial charge in [0.25, 0.3) is 0 Å². The molecule has 0 aliphatic heterocycles. The molecule has 3 nitrogen and oxygen atoms in total.